The molecule has 0 spiro atoms. The molecule has 98 heavy (non-hydrogen) atoms. The Morgan fingerprint density at radius 3 is 0.867 bits per heavy atom. The molecule has 0 fully saturated rings. The van der Waals surface area contributed by atoms with Crippen LogP contribution in [0.1, 0.15) is 438 Å². The lowest BCUT2D eigenvalue weighted by molar-refractivity contribution is -0.870. The van der Waals surface area contributed by atoms with Crippen LogP contribution in [0, 0.1) is 0 Å². The standard InChI is InChI=1S/C88H166NO8P/c1-6-8-10-12-14-16-18-20-22-24-26-28-30-32-34-36-38-40-42-43-44-45-47-49-51-53-55-57-59-61-63-65-67-69-71-73-75-77-79-81-88(91)97-86(85-96-98(92,93)95-83-82-89(3,4)5)84-94-87(90)80-78-76-74-72-70-68-66-64-62-60-58-56-54-52-50-48-46-41-39-37-35-33-31-29-27-25-23-21-19-17-15-13-11-9-7-2/h8,10,14,16,20,22,26,28,32,34,86H,6-7,9,11-13,15,17-19,21,23-25,27,29-31,33,35-85H2,1-5H3/p+1/b10-8-,16-14-,22-20-,28-26-,34-32-. The van der Waals surface area contributed by atoms with Gasteiger partial charge in [0.15, 0.2) is 6.10 Å². The first kappa shape index (κ1) is 95.7. The van der Waals surface area contributed by atoms with Crippen LogP contribution >= 0.6 is 7.82 Å². The maximum Gasteiger partial charge on any atom is 0.472 e. The summed E-state index contributed by atoms with van der Waals surface area (Å²) in [5, 5.41) is 0. The Labute approximate surface area is 610 Å². The Hall–Kier alpha value is -2.29. The minimum Gasteiger partial charge on any atom is -0.462 e. The second-order valence-electron chi connectivity index (χ2n) is 30.6. The fourth-order valence-electron chi connectivity index (χ4n) is 13.1. The number of unbranched alkanes of at least 4 members (excludes halogenated alkanes) is 57. The SMILES string of the molecule is CC/C=C\C/C=C\C/C=C\C/C=C\C/C=C\CCCCCCCCCCCCCCCCCCCCCCCCCC(=O)OC(COC(=O)CCCCCCCCCCCCCCCCCCCCCCCCCCCCCCCCCCCCC)COP(=O)(O)OCC[N+](C)(C)C. The summed E-state index contributed by atoms with van der Waals surface area (Å²) in [6.07, 6.45) is 107. The summed E-state index contributed by atoms with van der Waals surface area (Å²) < 4.78 is 34.9. The van der Waals surface area contributed by atoms with Gasteiger partial charge in [0.2, 0.25) is 0 Å². The highest BCUT2D eigenvalue weighted by Crippen LogP contribution is 2.43. The molecule has 0 amide bonds. The van der Waals surface area contributed by atoms with Gasteiger partial charge in [0.25, 0.3) is 0 Å². The number of rotatable bonds is 81. The van der Waals surface area contributed by atoms with Crippen LogP contribution in [0.5, 0.6) is 0 Å². The zero-order valence-electron chi connectivity index (χ0n) is 66.0. The van der Waals surface area contributed by atoms with Gasteiger partial charge in [0, 0.05) is 12.8 Å². The molecule has 0 aliphatic heterocycles. The number of esters is 2. The second kappa shape index (κ2) is 78.8. The van der Waals surface area contributed by atoms with Crippen LogP contribution in [0.4, 0.5) is 0 Å². The van der Waals surface area contributed by atoms with Crippen molar-refractivity contribution in [3.8, 4) is 0 Å². The van der Waals surface area contributed by atoms with Gasteiger partial charge in [0.1, 0.15) is 19.8 Å². The summed E-state index contributed by atoms with van der Waals surface area (Å²) in [5.74, 6) is -0.770. The molecule has 2 unspecified atom stereocenters. The Morgan fingerprint density at radius 1 is 0.327 bits per heavy atom. The van der Waals surface area contributed by atoms with Crippen LogP contribution < -0.4 is 0 Å². The van der Waals surface area contributed by atoms with Crippen molar-refractivity contribution >= 4 is 19.8 Å². The molecular formula is C88H167NO8P+. The highest BCUT2D eigenvalue weighted by atomic mass is 31.2. The number of allylic oxidation sites excluding steroid dienone is 10. The molecule has 0 bridgehead atoms. The highest BCUT2D eigenvalue weighted by Gasteiger charge is 2.27. The van der Waals surface area contributed by atoms with Gasteiger partial charge in [-0.05, 0) is 57.8 Å². The topological polar surface area (TPSA) is 108 Å². The number of carbonyl (C=O) groups is 2. The first-order chi connectivity index (χ1) is 48.0. The molecule has 0 aromatic heterocycles. The van der Waals surface area contributed by atoms with Crippen LogP contribution in [0.3, 0.4) is 0 Å². The highest BCUT2D eigenvalue weighted by molar-refractivity contribution is 7.47. The van der Waals surface area contributed by atoms with Crippen molar-refractivity contribution in [1.82, 2.24) is 0 Å². The maximum absolute atomic E-state index is 12.9. The molecule has 10 heteroatoms. The van der Waals surface area contributed by atoms with Crippen molar-refractivity contribution in [2.24, 2.45) is 0 Å². The lowest BCUT2D eigenvalue weighted by atomic mass is 10.0. The quantitative estimate of drug-likeness (QED) is 0.0211. The third kappa shape index (κ3) is 82.7. The van der Waals surface area contributed by atoms with E-state index in [-0.39, 0.29) is 25.6 Å². The summed E-state index contributed by atoms with van der Waals surface area (Å²) in [5.41, 5.74) is 0. The van der Waals surface area contributed by atoms with E-state index in [0.29, 0.717) is 23.9 Å². The Morgan fingerprint density at radius 2 is 0.582 bits per heavy atom. The average molecular weight is 1400 g/mol. The summed E-state index contributed by atoms with van der Waals surface area (Å²) in [6.45, 7) is 4.41. The largest absolute Gasteiger partial charge is 0.472 e. The first-order valence-corrected chi connectivity index (χ1v) is 44.5. The minimum atomic E-state index is -4.39. The van der Waals surface area contributed by atoms with Crippen LogP contribution in [0.25, 0.3) is 0 Å². The number of hydrogen-bond acceptors (Lipinski definition) is 7. The van der Waals surface area contributed by atoms with Crippen LogP contribution in [0.2, 0.25) is 0 Å². The molecular weight excluding hydrogens is 1230 g/mol. The van der Waals surface area contributed by atoms with E-state index >= 15 is 0 Å². The van der Waals surface area contributed by atoms with Crippen LogP contribution in [-0.2, 0) is 32.7 Å². The lowest BCUT2D eigenvalue weighted by Crippen LogP contribution is -2.37. The van der Waals surface area contributed by atoms with Gasteiger partial charge in [-0.1, -0.05) is 428 Å². The number of quaternary nitrogens is 1. The van der Waals surface area contributed by atoms with Crippen LogP contribution in [-0.4, -0.2) is 74.9 Å². The number of hydrogen-bond donors (Lipinski definition) is 1. The number of phosphoric ester groups is 1. The van der Waals surface area contributed by atoms with Crippen molar-refractivity contribution in [2.75, 3.05) is 47.5 Å². The molecule has 0 saturated heterocycles. The van der Waals surface area contributed by atoms with E-state index in [4.69, 9.17) is 18.5 Å². The summed E-state index contributed by atoms with van der Waals surface area (Å²) in [7, 11) is 1.50. The molecule has 0 radical (unpaired) electrons. The molecule has 0 saturated carbocycles. The Bertz CT molecular complexity index is 1840. The number of likely N-dealkylation sites (N-methyl/N-ethyl adjacent to an activating group) is 1. The zero-order chi connectivity index (χ0) is 71.1. The maximum atomic E-state index is 12.9. The Balaban J connectivity index is 3.87. The fourth-order valence-corrected chi connectivity index (χ4v) is 13.8. The molecule has 0 aromatic rings. The van der Waals surface area contributed by atoms with E-state index < -0.39 is 26.5 Å². The molecule has 1 N–H and O–H groups in total. The van der Waals surface area contributed by atoms with Gasteiger partial charge in [-0.3, -0.25) is 18.6 Å². The molecule has 0 aliphatic carbocycles. The van der Waals surface area contributed by atoms with Crippen molar-refractivity contribution in [2.45, 2.75) is 444 Å². The molecule has 0 aliphatic rings. The van der Waals surface area contributed by atoms with E-state index in [2.05, 4.69) is 74.6 Å². The van der Waals surface area contributed by atoms with Crippen molar-refractivity contribution in [1.29, 1.82) is 0 Å². The van der Waals surface area contributed by atoms with Gasteiger partial charge in [0.05, 0.1) is 27.7 Å². The zero-order valence-corrected chi connectivity index (χ0v) is 66.9. The van der Waals surface area contributed by atoms with Crippen molar-refractivity contribution < 1.29 is 42.1 Å². The average Bonchev–Trinajstić information content (AvgIpc) is 1.23. The number of ether oxygens (including phenoxy) is 2. The lowest BCUT2D eigenvalue weighted by Gasteiger charge is -2.24. The smallest absolute Gasteiger partial charge is 0.462 e. The van der Waals surface area contributed by atoms with Gasteiger partial charge >= 0.3 is 19.8 Å². The van der Waals surface area contributed by atoms with Gasteiger partial charge in [-0.2, -0.15) is 0 Å². The van der Waals surface area contributed by atoms with E-state index in [1.807, 2.05) is 21.1 Å². The third-order valence-electron chi connectivity index (χ3n) is 19.6. The third-order valence-corrected chi connectivity index (χ3v) is 20.5. The fraction of sp³-hybridized carbons (Fsp3) is 0.864. The predicted molar refractivity (Wildman–Crippen MR) is 427 cm³/mol. The van der Waals surface area contributed by atoms with E-state index in [1.54, 1.807) is 0 Å². The van der Waals surface area contributed by atoms with Gasteiger partial charge in [-0.25, -0.2) is 4.57 Å². The summed E-state index contributed by atoms with van der Waals surface area (Å²) in [4.78, 5) is 36.0. The predicted octanol–water partition coefficient (Wildman–Crippen LogP) is 28.8. The van der Waals surface area contributed by atoms with Gasteiger partial charge in [-0.15, -0.1) is 0 Å². The Kier molecular flexibility index (Phi) is 77.0. The molecule has 2 atom stereocenters. The molecule has 0 heterocycles. The second-order valence-corrected chi connectivity index (χ2v) is 32.0. The number of nitrogens with zero attached hydrogens (tertiary/aromatic N) is 1. The minimum absolute atomic E-state index is 0.0348. The van der Waals surface area contributed by atoms with Gasteiger partial charge < -0.3 is 18.9 Å². The molecule has 0 aromatic carbocycles. The molecule has 0 rings (SSSR count). The van der Waals surface area contributed by atoms with Crippen molar-refractivity contribution in [3.63, 3.8) is 0 Å². The summed E-state index contributed by atoms with van der Waals surface area (Å²) in [6, 6.07) is 0. The van der Waals surface area contributed by atoms with Crippen LogP contribution in [0.15, 0.2) is 60.8 Å². The van der Waals surface area contributed by atoms with Crippen molar-refractivity contribution in [3.05, 3.63) is 60.8 Å². The number of carbonyl (C=O) groups excluding carboxylic acids is 2. The molecule has 9 nitrogen and oxygen atoms in total. The first-order valence-electron chi connectivity index (χ1n) is 43.0. The van der Waals surface area contributed by atoms with E-state index in [9.17, 15) is 19.0 Å². The normalized spacial score (nSPS) is 13.2. The van der Waals surface area contributed by atoms with E-state index in [0.717, 1.165) is 64.2 Å². The monoisotopic (exact) mass is 1400 g/mol. The number of phosphoric acid groups is 1. The molecule has 576 valence electrons. The van der Waals surface area contributed by atoms with E-state index in [1.165, 1.54) is 340 Å². The summed E-state index contributed by atoms with van der Waals surface area (Å²) >= 11 is 0.